The van der Waals surface area contributed by atoms with E-state index < -0.39 is 0 Å². The van der Waals surface area contributed by atoms with Crippen molar-refractivity contribution in [2.75, 3.05) is 6.61 Å². The Bertz CT molecular complexity index is 803. The maximum absolute atomic E-state index is 12.0. The van der Waals surface area contributed by atoms with Gasteiger partial charge in [0.05, 0.1) is 30.0 Å². The van der Waals surface area contributed by atoms with Crippen LogP contribution in [0.2, 0.25) is 0 Å². The lowest BCUT2D eigenvalue weighted by Gasteiger charge is -2.28. The summed E-state index contributed by atoms with van der Waals surface area (Å²) in [5, 5.41) is 3.98. The van der Waals surface area contributed by atoms with Crippen molar-refractivity contribution < 1.29 is 18.8 Å². The van der Waals surface area contributed by atoms with Gasteiger partial charge in [0.2, 0.25) is 0 Å². The molecule has 2 aromatic rings. The molecule has 2 heterocycles. The Morgan fingerprint density at radius 1 is 1.30 bits per heavy atom. The number of aryl methyl sites for hydroxylation is 2. The third-order valence-electron chi connectivity index (χ3n) is 5.00. The van der Waals surface area contributed by atoms with Gasteiger partial charge in [-0.05, 0) is 58.6 Å². The van der Waals surface area contributed by atoms with Crippen LogP contribution in [0.15, 0.2) is 16.7 Å². The van der Waals surface area contributed by atoms with Gasteiger partial charge in [0.25, 0.3) is 0 Å². The first-order valence-corrected chi connectivity index (χ1v) is 9.50. The minimum absolute atomic E-state index is 0.00775. The number of rotatable bonds is 6. The number of pyridine rings is 1. The van der Waals surface area contributed by atoms with E-state index in [-0.39, 0.29) is 18.0 Å². The van der Waals surface area contributed by atoms with Crippen LogP contribution < -0.4 is 10.5 Å². The Kier molecular flexibility index (Phi) is 6.11. The van der Waals surface area contributed by atoms with Crippen molar-refractivity contribution in [3.63, 3.8) is 0 Å². The molecule has 7 heteroatoms. The summed E-state index contributed by atoms with van der Waals surface area (Å²) in [6.07, 6.45) is 3.41. The Balaban J connectivity index is 1.72. The molecule has 27 heavy (non-hydrogen) atoms. The summed E-state index contributed by atoms with van der Waals surface area (Å²) < 4.78 is 16.7. The molecular formula is C20H27N3O4. The highest BCUT2D eigenvalue weighted by Gasteiger charge is 2.29. The molecule has 1 fully saturated rings. The summed E-state index contributed by atoms with van der Waals surface area (Å²) in [4.78, 5) is 16.6. The van der Waals surface area contributed by atoms with Crippen LogP contribution in [0.3, 0.4) is 0 Å². The zero-order chi connectivity index (χ0) is 19.4. The summed E-state index contributed by atoms with van der Waals surface area (Å²) in [6.45, 7) is 6.36. The molecule has 0 aliphatic heterocycles. The molecular weight excluding hydrogens is 346 g/mol. The number of hydrogen-bond donors (Lipinski definition) is 1. The second-order valence-electron chi connectivity index (χ2n) is 6.92. The van der Waals surface area contributed by atoms with E-state index in [1.807, 2.05) is 32.9 Å². The van der Waals surface area contributed by atoms with Gasteiger partial charge in [0, 0.05) is 12.1 Å². The van der Waals surface area contributed by atoms with Gasteiger partial charge >= 0.3 is 5.97 Å². The van der Waals surface area contributed by atoms with E-state index in [0.717, 1.165) is 42.0 Å². The van der Waals surface area contributed by atoms with Gasteiger partial charge < -0.3 is 19.7 Å². The quantitative estimate of drug-likeness (QED) is 0.775. The highest BCUT2D eigenvalue weighted by molar-refractivity contribution is 5.72. The van der Waals surface area contributed by atoms with Gasteiger partial charge in [0.1, 0.15) is 11.4 Å². The summed E-state index contributed by atoms with van der Waals surface area (Å²) in [7, 11) is 0. The van der Waals surface area contributed by atoms with Crippen molar-refractivity contribution in [3.05, 3.63) is 29.1 Å². The molecule has 0 spiro atoms. The van der Waals surface area contributed by atoms with Crippen LogP contribution in [-0.4, -0.2) is 28.8 Å². The monoisotopic (exact) mass is 373 g/mol. The Hall–Kier alpha value is -2.41. The third kappa shape index (κ3) is 4.30. The molecule has 146 valence electrons. The van der Waals surface area contributed by atoms with Crippen molar-refractivity contribution in [1.82, 2.24) is 10.1 Å². The number of nitrogens with zero attached hydrogens (tertiary/aromatic N) is 2. The van der Waals surface area contributed by atoms with Crippen LogP contribution in [0.5, 0.6) is 5.75 Å². The molecule has 0 amide bonds. The van der Waals surface area contributed by atoms with E-state index >= 15 is 0 Å². The second kappa shape index (κ2) is 8.52. The molecule has 2 aromatic heterocycles. The van der Waals surface area contributed by atoms with Crippen molar-refractivity contribution in [1.29, 1.82) is 0 Å². The first-order valence-electron chi connectivity index (χ1n) is 9.50. The first kappa shape index (κ1) is 19.4. The minimum atomic E-state index is -0.119. The van der Waals surface area contributed by atoms with Crippen LogP contribution in [0.25, 0.3) is 11.5 Å². The molecule has 1 saturated carbocycles. The summed E-state index contributed by atoms with van der Waals surface area (Å²) in [6, 6.07) is 3.75. The van der Waals surface area contributed by atoms with Crippen LogP contribution in [0, 0.1) is 19.8 Å². The van der Waals surface area contributed by atoms with Gasteiger partial charge in [-0.25, -0.2) is 4.98 Å². The SMILES string of the molecule is CCOC(=O)[C@H]1CCC[C@H](Oc2ccc(-c3onc(C)c3CN)nc2C)C1. The number of carbonyl (C=O) groups excluding carboxylic acids is 1. The fraction of sp³-hybridized carbons (Fsp3) is 0.550. The lowest BCUT2D eigenvalue weighted by atomic mass is 9.87. The molecule has 7 nitrogen and oxygen atoms in total. The number of aromatic nitrogens is 2. The molecule has 0 unspecified atom stereocenters. The Labute approximate surface area is 159 Å². The molecule has 0 saturated heterocycles. The zero-order valence-electron chi connectivity index (χ0n) is 16.2. The van der Waals surface area contributed by atoms with Gasteiger partial charge in [-0.15, -0.1) is 0 Å². The molecule has 0 radical (unpaired) electrons. The van der Waals surface area contributed by atoms with Crippen LogP contribution in [0.4, 0.5) is 0 Å². The highest BCUT2D eigenvalue weighted by atomic mass is 16.5. The lowest BCUT2D eigenvalue weighted by Crippen LogP contribution is -2.31. The van der Waals surface area contributed by atoms with Gasteiger partial charge in [0.15, 0.2) is 5.76 Å². The summed E-state index contributed by atoms with van der Waals surface area (Å²) in [5.74, 6) is 1.12. The van der Waals surface area contributed by atoms with E-state index in [9.17, 15) is 4.79 Å². The number of nitrogens with two attached hydrogens (primary N) is 1. The highest BCUT2D eigenvalue weighted by Crippen LogP contribution is 2.31. The van der Waals surface area contributed by atoms with E-state index in [2.05, 4.69) is 10.1 Å². The molecule has 0 aromatic carbocycles. The van der Waals surface area contributed by atoms with E-state index in [0.29, 0.717) is 31.0 Å². The fourth-order valence-electron chi connectivity index (χ4n) is 3.54. The largest absolute Gasteiger partial charge is 0.489 e. The Morgan fingerprint density at radius 3 is 2.81 bits per heavy atom. The Morgan fingerprint density at radius 2 is 2.11 bits per heavy atom. The van der Waals surface area contributed by atoms with E-state index in [4.69, 9.17) is 19.7 Å². The van der Waals surface area contributed by atoms with E-state index in [1.54, 1.807) is 0 Å². The van der Waals surface area contributed by atoms with Crippen LogP contribution >= 0.6 is 0 Å². The molecule has 0 bridgehead atoms. The van der Waals surface area contributed by atoms with E-state index in [1.165, 1.54) is 0 Å². The molecule has 1 aliphatic rings. The normalized spacial score (nSPS) is 19.7. The maximum atomic E-state index is 12.0. The number of esters is 1. The zero-order valence-corrected chi connectivity index (χ0v) is 16.2. The molecule has 2 N–H and O–H groups in total. The number of ether oxygens (including phenoxy) is 2. The van der Waals surface area contributed by atoms with Crippen LogP contribution in [-0.2, 0) is 16.1 Å². The third-order valence-corrected chi connectivity index (χ3v) is 5.00. The lowest BCUT2D eigenvalue weighted by molar-refractivity contribution is -0.150. The number of hydrogen-bond acceptors (Lipinski definition) is 7. The van der Waals surface area contributed by atoms with Crippen molar-refractivity contribution in [2.45, 2.75) is 59.1 Å². The maximum Gasteiger partial charge on any atom is 0.309 e. The molecule has 2 atom stereocenters. The fourth-order valence-corrected chi connectivity index (χ4v) is 3.54. The van der Waals surface area contributed by atoms with Gasteiger partial charge in [-0.3, -0.25) is 4.79 Å². The average molecular weight is 373 g/mol. The smallest absolute Gasteiger partial charge is 0.309 e. The van der Waals surface area contributed by atoms with Crippen molar-refractivity contribution >= 4 is 5.97 Å². The number of carbonyl (C=O) groups is 1. The van der Waals surface area contributed by atoms with Gasteiger partial charge in [-0.1, -0.05) is 5.16 Å². The molecule has 3 rings (SSSR count). The van der Waals surface area contributed by atoms with Gasteiger partial charge in [-0.2, -0.15) is 0 Å². The summed E-state index contributed by atoms with van der Waals surface area (Å²) in [5.41, 5.74) is 8.89. The molecule has 1 aliphatic carbocycles. The van der Waals surface area contributed by atoms with Crippen LogP contribution in [0.1, 0.15) is 49.6 Å². The predicted octanol–water partition coefficient (Wildman–Crippen LogP) is 3.31. The van der Waals surface area contributed by atoms with Crippen molar-refractivity contribution in [3.8, 4) is 17.2 Å². The standard InChI is InChI=1S/C20H27N3O4/c1-4-25-20(24)14-6-5-7-15(10-14)26-18-9-8-17(22-13(18)3)19-16(11-21)12(2)23-27-19/h8-9,14-15H,4-7,10-11,21H2,1-3H3/t14-,15-/m0/s1. The topological polar surface area (TPSA) is 100 Å². The minimum Gasteiger partial charge on any atom is -0.489 e. The van der Waals surface area contributed by atoms with Crippen molar-refractivity contribution in [2.24, 2.45) is 11.7 Å². The summed E-state index contributed by atoms with van der Waals surface area (Å²) >= 11 is 0. The predicted molar refractivity (Wildman–Crippen MR) is 100 cm³/mol. The average Bonchev–Trinajstić information content (AvgIpc) is 3.04. The second-order valence-corrected chi connectivity index (χ2v) is 6.92. The first-order chi connectivity index (χ1) is 13.0.